The van der Waals surface area contributed by atoms with Crippen molar-refractivity contribution in [2.45, 2.75) is 26.8 Å². The first kappa shape index (κ1) is 20.8. The first-order valence-electron chi connectivity index (χ1n) is 9.69. The van der Waals surface area contributed by atoms with Gasteiger partial charge in [0.2, 0.25) is 0 Å². The third kappa shape index (κ3) is 3.68. The van der Waals surface area contributed by atoms with E-state index in [-0.39, 0.29) is 17.3 Å². The summed E-state index contributed by atoms with van der Waals surface area (Å²) in [6.07, 6.45) is 0. The first-order chi connectivity index (χ1) is 14.3. The Kier molecular flexibility index (Phi) is 5.52. The minimum Gasteiger partial charge on any atom is -0.363 e. The zero-order chi connectivity index (χ0) is 21.6. The van der Waals surface area contributed by atoms with E-state index in [1.165, 1.54) is 6.07 Å². The molecule has 1 saturated heterocycles. The van der Waals surface area contributed by atoms with Gasteiger partial charge in [-0.3, -0.25) is 19.8 Å². The lowest BCUT2D eigenvalue weighted by Crippen LogP contribution is -2.47. The first-order valence-corrected chi connectivity index (χ1v) is 10.9. The van der Waals surface area contributed by atoms with E-state index in [4.69, 9.17) is 16.6 Å². The maximum absolute atomic E-state index is 12.6. The Morgan fingerprint density at radius 1 is 1.27 bits per heavy atom. The van der Waals surface area contributed by atoms with E-state index in [0.717, 1.165) is 15.3 Å². The van der Waals surface area contributed by atoms with Gasteiger partial charge in [-0.25, -0.2) is 4.98 Å². The molecule has 1 aromatic carbocycles. The van der Waals surface area contributed by atoms with Crippen molar-refractivity contribution in [3.05, 3.63) is 60.0 Å². The van der Waals surface area contributed by atoms with E-state index in [1.807, 2.05) is 25.7 Å². The van der Waals surface area contributed by atoms with Crippen molar-refractivity contribution in [2.75, 3.05) is 31.1 Å². The third-order valence-corrected chi connectivity index (χ3v) is 7.13. The van der Waals surface area contributed by atoms with Gasteiger partial charge in [0, 0.05) is 42.1 Å². The van der Waals surface area contributed by atoms with E-state index in [9.17, 15) is 14.9 Å². The Bertz CT molecular complexity index is 1180. The number of anilines is 1. The number of nitrogens with one attached hydrogen (secondary N) is 1. The number of aryl methyl sites for hydroxylation is 2. The molecule has 0 radical (unpaired) electrons. The number of piperazine rings is 1. The SMILES string of the molecule is Cc1sc2nc(C(C)N3CCN(c4ccc(Cl)cc4[N+](=O)[O-])CC3)[nH]c(=O)c2c1C. The molecule has 8 nitrogen and oxygen atoms in total. The molecule has 3 heterocycles. The van der Waals surface area contributed by atoms with Crippen molar-refractivity contribution >= 4 is 44.5 Å². The van der Waals surface area contributed by atoms with Crippen molar-refractivity contribution in [1.29, 1.82) is 0 Å². The molecule has 1 N–H and O–H groups in total. The van der Waals surface area contributed by atoms with Gasteiger partial charge in [0.25, 0.3) is 11.2 Å². The standard InChI is InChI=1S/C20H22ClN5O3S/c1-11-13(3)30-20-17(11)19(27)22-18(23-20)12(2)24-6-8-25(9-7-24)15-5-4-14(21)10-16(15)26(28)29/h4-5,10,12H,6-9H2,1-3H3,(H,22,23,27). The number of hydrogen-bond acceptors (Lipinski definition) is 7. The van der Waals surface area contributed by atoms with Crippen molar-refractivity contribution in [3.63, 3.8) is 0 Å². The highest BCUT2D eigenvalue weighted by Gasteiger charge is 2.27. The topological polar surface area (TPSA) is 95.4 Å². The van der Waals surface area contributed by atoms with Gasteiger partial charge in [0.05, 0.1) is 16.4 Å². The fourth-order valence-electron chi connectivity index (χ4n) is 3.90. The van der Waals surface area contributed by atoms with Crippen LogP contribution in [0.3, 0.4) is 0 Å². The van der Waals surface area contributed by atoms with Gasteiger partial charge in [0.15, 0.2) is 0 Å². The van der Waals surface area contributed by atoms with Crippen LogP contribution in [-0.2, 0) is 0 Å². The molecule has 30 heavy (non-hydrogen) atoms. The number of hydrogen-bond donors (Lipinski definition) is 1. The molecule has 0 saturated carbocycles. The molecule has 0 bridgehead atoms. The molecule has 2 aromatic heterocycles. The molecule has 1 unspecified atom stereocenters. The molecule has 0 aliphatic carbocycles. The van der Waals surface area contributed by atoms with Gasteiger partial charge in [-0.1, -0.05) is 11.6 Å². The highest BCUT2D eigenvalue weighted by atomic mass is 35.5. The summed E-state index contributed by atoms with van der Waals surface area (Å²) in [5.41, 5.74) is 1.48. The predicted octanol–water partition coefficient (Wildman–Crippen LogP) is 4.05. The number of aromatic nitrogens is 2. The average Bonchev–Trinajstić information content (AvgIpc) is 3.01. The Labute approximate surface area is 182 Å². The van der Waals surface area contributed by atoms with Gasteiger partial charge < -0.3 is 9.88 Å². The number of thiophene rings is 1. The fraction of sp³-hybridized carbons (Fsp3) is 0.400. The second-order valence-corrected chi connectivity index (χ2v) is 9.14. The van der Waals surface area contributed by atoms with Crippen LogP contribution in [0.1, 0.15) is 29.2 Å². The minimum atomic E-state index is -0.398. The second-order valence-electron chi connectivity index (χ2n) is 7.50. The third-order valence-electron chi connectivity index (χ3n) is 5.79. The Balaban J connectivity index is 1.53. The normalized spacial score (nSPS) is 16.2. The van der Waals surface area contributed by atoms with E-state index in [1.54, 1.807) is 23.5 Å². The van der Waals surface area contributed by atoms with Crippen LogP contribution >= 0.6 is 22.9 Å². The number of aromatic amines is 1. The van der Waals surface area contributed by atoms with Crippen molar-refractivity contribution in [3.8, 4) is 0 Å². The maximum atomic E-state index is 12.6. The number of benzene rings is 1. The van der Waals surface area contributed by atoms with E-state index in [0.29, 0.717) is 48.1 Å². The molecule has 10 heteroatoms. The summed E-state index contributed by atoms with van der Waals surface area (Å²) in [5.74, 6) is 0.652. The summed E-state index contributed by atoms with van der Waals surface area (Å²) in [6.45, 7) is 8.64. The van der Waals surface area contributed by atoms with Gasteiger partial charge in [0.1, 0.15) is 16.3 Å². The lowest BCUT2D eigenvalue weighted by atomic mass is 10.1. The molecular formula is C20H22ClN5O3S. The maximum Gasteiger partial charge on any atom is 0.294 e. The fourth-order valence-corrected chi connectivity index (χ4v) is 5.11. The lowest BCUT2D eigenvalue weighted by molar-refractivity contribution is -0.384. The van der Waals surface area contributed by atoms with Gasteiger partial charge in [-0.05, 0) is 38.5 Å². The van der Waals surface area contributed by atoms with Crippen LogP contribution in [0, 0.1) is 24.0 Å². The quantitative estimate of drug-likeness (QED) is 0.479. The van der Waals surface area contributed by atoms with Gasteiger partial charge >= 0.3 is 0 Å². The number of fused-ring (bicyclic) bond motifs is 1. The number of nitro benzene ring substituents is 1. The summed E-state index contributed by atoms with van der Waals surface area (Å²) in [6, 6.07) is 4.70. The molecule has 3 aromatic rings. The predicted molar refractivity (Wildman–Crippen MR) is 120 cm³/mol. The van der Waals surface area contributed by atoms with Crippen LogP contribution in [0.4, 0.5) is 11.4 Å². The lowest BCUT2D eigenvalue weighted by Gasteiger charge is -2.38. The van der Waals surface area contributed by atoms with Crippen LogP contribution in [-0.4, -0.2) is 46.0 Å². The molecule has 1 fully saturated rings. The van der Waals surface area contributed by atoms with Gasteiger partial charge in [-0.15, -0.1) is 11.3 Å². The summed E-state index contributed by atoms with van der Waals surface area (Å²) in [5, 5.41) is 12.4. The largest absolute Gasteiger partial charge is 0.363 e. The smallest absolute Gasteiger partial charge is 0.294 e. The number of rotatable bonds is 4. The van der Waals surface area contributed by atoms with E-state index >= 15 is 0 Å². The Morgan fingerprint density at radius 3 is 2.63 bits per heavy atom. The zero-order valence-electron chi connectivity index (χ0n) is 16.9. The average molecular weight is 448 g/mol. The van der Waals surface area contributed by atoms with Crippen molar-refractivity contribution in [1.82, 2.24) is 14.9 Å². The van der Waals surface area contributed by atoms with Gasteiger partial charge in [-0.2, -0.15) is 0 Å². The monoisotopic (exact) mass is 447 g/mol. The van der Waals surface area contributed by atoms with Crippen LogP contribution in [0.15, 0.2) is 23.0 Å². The number of nitro groups is 1. The molecule has 1 atom stereocenters. The van der Waals surface area contributed by atoms with Crippen LogP contribution in [0.2, 0.25) is 5.02 Å². The minimum absolute atomic E-state index is 0.0175. The van der Waals surface area contributed by atoms with Crippen LogP contribution in [0.5, 0.6) is 0 Å². The molecule has 0 amide bonds. The molecular weight excluding hydrogens is 426 g/mol. The Hall–Kier alpha value is -2.49. The molecule has 4 rings (SSSR count). The number of H-pyrrole nitrogens is 1. The molecule has 158 valence electrons. The summed E-state index contributed by atoms with van der Waals surface area (Å²) >= 11 is 7.47. The number of halogens is 1. The summed E-state index contributed by atoms with van der Waals surface area (Å²) in [4.78, 5) is 37.4. The highest BCUT2D eigenvalue weighted by Crippen LogP contribution is 2.33. The molecule has 1 aliphatic rings. The zero-order valence-corrected chi connectivity index (χ0v) is 18.5. The second kappa shape index (κ2) is 7.98. The highest BCUT2D eigenvalue weighted by molar-refractivity contribution is 7.18. The van der Waals surface area contributed by atoms with E-state index in [2.05, 4.69) is 9.88 Å². The molecule has 0 spiro atoms. The van der Waals surface area contributed by atoms with Crippen LogP contribution < -0.4 is 10.5 Å². The Morgan fingerprint density at radius 2 is 1.97 bits per heavy atom. The van der Waals surface area contributed by atoms with Crippen molar-refractivity contribution in [2.24, 2.45) is 0 Å². The van der Waals surface area contributed by atoms with Crippen molar-refractivity contribution < 1.29 is 4.92 Å². The van der Waals surface area contributed by atoms with Crippen LogP contribution in [0.25, 0.3) is 10.2 Å². The van der Waals surface area contributed by atoms with E-state index < -0.39 is 4.92 Å². The number of nitrogens with zero attached hydrogens (tertiary/aromatic N) is 4. The summed E-state index contributed by atoms with van der Waals surface area (Å²) in [7, 11) is 0. The summed E-state index contributed by atoms with van der Waals surface area (Å²) < 4.78 is 0. The molecule has 1 aliphatic heterocycles.